The van der Waals surface area contributed by atoms with Gasteiger partial charge < -0.3 is 9.84 Å². The Bertz CT molecular complexity index is 664. The first-order chi connectivity index (χ1) is 11.0. The van der Waals surface area contributed by atoms with Crippen molar-refractivity contribution in [3.63, 3.8) is 0 Å². The Balaban J connectivity index is 1.99. The van der Waals surface area contributed by atoms with Crippen molar-refractivity contribution >= 4 is 5.78 Å². The third-order valence-electron chi connectivity index (χ3n) is 4.73. The van der Waals surface area contributed by atoms with Crippen molar-refractivity contribution in [3.05, 3.63) is 34.1 Å². The zero-order valence-electron chi connectivity index (χ0n) is 14.2. The van der Waals surface area contributed by atoms with Gasteiger partial charge in [0.2, 0.25) is 5.78 Å². The second-order valence-corrected chi connectivity index (χ2v) is 6.85. The minimum Gasteiger partial charge on any atom is -0.507 e. The summed E-state index contributed by atoms with van der Waals surface area (Å²) in [6.45, 7) is 8.31. The molecule has 23 heavy (non-hydrogen) atoms. The molecular formula is C19H25NO3. The molecule has 0 unspecified atom stereocenters. The van der Waals surface area contributed by atoms with Gasteiger partial charge in [-0.2, -0.15) is 0 Å². The summed E-state index contributed by atoms with van der Waals surface area (Å²) >= 11 is 0. The fourth-order valence-corrected chi connectivity index (χ4v) is 3.47. The molecule has 4 heteroatoms. The van der Waals surface area contributed by atoms with Crippen molar-refractivity contribution in [1.82, 2.24) is 4.90 Å². The quantitative estimate of drug-likeness (QED) is 0.840. The van der Waals surface area contributed by atoms with Crippen LogP contribution in [-0.2, 0) is 6.54 Å². The molecule has 3 rings (SSSR count). The summed E-state index contributed by atoms with van der Waals surface area (Å²) in [5, 5.41) is 10.4. The first-order valence-electron chi connectivity index (χ1n) is 8.47. The van der Waals surface area contributed by atoms with E-state index in [1.54, 1.807) is 6.07 Å². The lowest BCUT2D eigenvalue weighted by Crippen LogP contribution is -2.24. The van der Waals surface area contributed by atoms with Gasteiger partial charge >= 0.3 is 0 Å². The summed E-state index contributed by atoms with van der Waals surface area (Å²) in [6.07, 6.45) is 4.92. The van der Waals surface area contributed by atoms with Crippen LogP contribution < -0.4 is 4.74 Å². The number of Topliss-reactive ketones (excluding diaryl/α,β-unsaturated/α-hetero) is 1. The zero-order chi connectivity index (χ0) is 16.6. The van der Waals surface area contributed by atoms with Crippen LogP contribution in [0.2, 0.25) is 0 Å². The Labute approximate surface area is 137 Å². The van der Waals surface area contributed by atoms with E-state index >= 15 is 0 Å². The summed E-state index contributed by atoms with van der Waals surface area (Å²) in [6, 6.07) is 1.70. The van der Waals surface area contributed by atoms with E-state index < -0.39 is 0 Å². The molecule has 1 N–H and O–H groups in total. The van der Waals surface area contributed by atoms with Gasteiger partial charge in [-0.05, 0) is 63.9 Å². The number of phenolic OH excluding ortho intramolecular Hbond substituents is 1. The SMILES string of the molecule is CC(C)=C1Oc2c(CN3CCCCCC3)c(O)cc(C)c2C1=O. The third-order valence-corrected chi connectivity index (χ3v) is 4.73. The van der Waals surface area contributed by atoms with E-state index in [2.05, 4.69) is 4.90 Å². The normalized spacial score (nSPS) is 18.6. The van der Waals surface area contributed by atoms with Crippen LogP contribution in [0, 0.1) is 6.92 Å². The molecule has 124 valence electrons. The summed E-state index contributed by atoms with van der Waals surface area (Å²) in [4.78, 5) is 14.9. The van der Waals surface area contributed by atoms with Gasteiger partial charge in [-0.3, -0.25) is 9.69 Å². The Morgan fingerprint density at radius 1 is 1.22 bits per heavy atom. The number of aryl methyl sites for hydroxylation is 1. The van der Waals surface area contributed by atoms with Gasteiger partial charge in [0.15, 0.2) is 5.76 Å². The number of nitrogens with zero attached hydrogens (tertiary/aromatic N) is 1. The number of fused-ring (bicyclic) bond motifs is 1. The Hall–Kier alpha value is -1.81. The van der Waals surface area contributed by atoms with Gasteiger partial charge in [-0.1, -0.05) is 12.8 Å². The lowest BCUT2D eigenvalue weighted by Gasteiger charge is -2.22. The maximum Gasteiger partial charge on any atom is 0.232 e. The van der Waals surface area contributed by atoms with Crippen molar-refractivity contribution < 1.29 is 14.6 Å². The van der Waals surface area contributed by atoms with Crippen molar-refractivity contribution in [2.24, 2.45) is 0 Å². The second-order valence-electron chi connectivity index (χ2n) is 6.85. The van der Waals surface area contributed by atoms with E-state index in [9.17, 15) is 9.90 Å². The van der Waals surface area contributed by atoms with E-state index in [0.29, 0.717) is 23.6 Å². The lowest BCUT2D eigenvalue weighted by molar-refractivity contribution is 0.101. The summed E-state index contributed by atoms with van der Waals surface area (Å²) in [5.41, 5.74) is 3.00. The fourth-order valence-electron chi connectivity index (χ4n) is 3.47. The molecule has 0 aromatic heterocycles. The molecule has 1 fully saturated rings. The number of benzene rings is 1. The fraction of sp³-hybridized carbons (Fsp3) is 0.526. The first kappa shape index (κ1) is 16.1. The molecule has 1 aromatic carbocycles. The van der Waals surface area contributed by atoms with Crippen LogP contribution >= 0.6 is 0 Å². The third kappa shape index (κ3) is 3.00. The highest BCUT2D eigenvalue weighted by Crippen LogP contribution is 2.42. The standard InChI is InChI=1S/C19H25NO3/c1-12(2)18-17(22)16-13(3)10-15(21)14(19(16)23-18)11-20-8-6-4-5-7-9-20/h10,21H,4-9,11H2,1-3H3. The lowest BCUT2D eigenvalue weighted by atomic mass is 9.99. The second kappa shape index (κ2) is 6.36. The molecule has 2 heterocycles. The Morgan fingerprint density at radius 2 is 1.87 bits per heavy atom. The van der Waals surface area contributed by atoms with Crippen LogP contribution in [0.15, 0.2) is 17.4 Å². The van der Waals surface area contributed by atoms with Gasteiger partial charge in [-0.25, -0.2) is 0 Å². The van der Waals surface area contributed by atoms with Crippen molar-refractivity contribution in [2.45, 2.75) is 53.0 Å². The predicted molar refractivity (Wildman–Crippen MR) is 89.9 cm³/mol. The average molecular weight is 315 g/mol. The van der Waals surface area contributed by atoms with E-state index in [4.69, 9.17) is 4.74 Å². The average Bonchev–Trinajstić information content (AvgIpc) is 2.68. The number of likely N-dealkylation sites (tertiary alicyclic amines) is 1. The van der Waals surface area contributed by atoms with Gasteiger partial charge in [0, 0.05) is 6.54 Å². The molecule has 0 saturated carbocycles. The maximum absolute atomic E-state index is 12.6. The van der Waals surface area contributed by atoms with Gasteiger partial charge in [0.05, 0.1) is 11.1 Å². The van der Waals surface area contributed by atoms with E-state index in [1.165, 1.54) is 25.7 Å². The number of hydrogen-bond donors (Lipinski definition) is 1. The molecule has 0 amide bonds. The predicted octanol–water partition coefficient (Wildman–Crippen LogP) is 3.95. The van der Waals surface area contributed by atoms with Gasteiger partial charge in [0.1, 0.15) is 11.5 Å². The Morgan fingerprint density at radius 3 is 2.48 bits per heavy atom. The van der Waals surface area contributed by atoms with E-state index in [1.807, 2.05) is 20.8 Å². The number of ketones is 1. The molecule has 0 spiro atoms. The molecular weight excluding hydrogens is 290 g/mol. The monoisotopic (exact) mass is 315 g/mol. The van der Waals surface area contributed by atoms with Crippen LogP contribution in [-0.4, -0.2) is 28.9 Å². The molecule has 0 bridgehead atoms. The molecule has 2 aliphatic heterocycles. The largest absolute Gasteiger partial charge is 0.507 e. The summed E-state index contributed by atoms with van der Waals surface area (Å²) in [7, 11) is 0. The van der Waals surface area contributed by atoms with E-state index in [0.717, 1.165) is 29.8 Å². The topological polar surface area (TPSA) is 49.8 Å². The molecule has 2 aliphatic rings. The Kier molecular flexibility index (Phi) is 4.44. The number of aromatic hydroxyl groups is 1. The van der Waals surface area contributed by atoms with Crippen LogP contribution in [0.1, 0.15) is 61.0 Å². The number of hydrogen-bond acceptors (Lipinski definition) is 4. The zero-order valence-corrected chi connectivity index (χ0v) is 14.2. The molecule has 0 atom stereocenters. The number of carbonyl (C=O) groups is 1. The van der Waals surface area contributed by atoms with Crippen molar-refractivity contribution in [2.75, 3.05) is 13.1 Å². The molecule has 1 aromatic rings. The summed E-state index contributed by atoms with van der Waals surface area (Å²) < 4.78 is 5.89. The van der Waals surface area contributed by atoms with Crippen LogP contribution in [0.3, 0.4) is 0 Å². The van der Waals surface area contributed by atoms with E-state index in [-0.39, 0.29) is 11.5 Å². The first-order valence-corrected chi connectivity index (χ1v) is 8.47. The smallest absolute Gasteiger partial charge is 0.232 e. The minimum atomic E-state index is -0.0605. The minimum absolute atomic E-state index is 0.0605. The van der Waals surface area contributed by atoms with Crippen LogP contribution in [0.5, 0.6) is 11.5 Å². The van der Waals surface area contributed by atoms with Crippen LogP contribution in [0.4, 0.5) is 0 Å². The number of allylic oxidation sites excluding steroid dienone is 2. The van der Waals surface area contributed by atoms with Crippen LogP contribution in [0.25, 0.3) is 0 Å². The number of carbonyl (C=O) groups excluding carboxylic acids is 1. The molecule has 0 aliphatic carbocycles. The molecule has 0 radical (unpaired) electrons. The highest BCUT2D eigenvalue weighted by Gasteiger charge is 2.34. The maximum atomic E-state index is 12.6. The van der Waals surface area contributed by atoms with Crippen molar-refractivity contribution in [1.29, 1.82) is 0 Å². The highest BCUT2D eigenvalue weighted by atomic mass is 16.5. The summed E-state index contributed by atoms with van der Waals surface area (Å²) in [5.74, 6) is 1.14. The number of ether oxygens (including phenoxy) is 1. The number of rotatable bonds is 2. The van der Waals surface area contributed by atoms with Crippen molar-refractivity contribution in [3.8, 4) is 11.5 Å². The van der Waals surface area contributed by atoms with Gasteiger partial charge in [0.25, 0.3) is 0 Å². The number of phenols is 1. The highest BCUT2D eigenvalue weighted by molar-refractivity contribution is 6.14. The van der Waals surface area contributed by atoms with Gasteiger partial charge in [-0.15, -0.1) is 0 Å². The molecule has 1 saturated heterocycles. The molecule has 4 nitrogen and oxygen atoms in total.